The average molecular weight is 1060 g/mol. The number of hydrogen-bond donors (Lipinski definition) is 3. The van der Waals surface area contributed by atoms with Gasteiger partial charge in [0.15, 0.2) is 0 Å². The van der Waals surface area contributed by atoms with Crippen LogP contribution in [0, 0.1) is 0 Å². The fraction of sp³-hybridized carbons (Fsp3) is 0.892. The van der Waals surface area contributed by atoms with Crippen molar-refractivity contribution in [2.45, 2.75) is 334 Å². The maximum absolute atomic E-state index is 13.0. The van der Waals surface area contributed by atoms with Crippen molar-refractivity contribution >= 4 is 13.7 Å². The fourth-order valence-corrected chi connectivity index (χ4v) is 10.6. The summed E-state index contributed by atoms with van der Waals surface area (Å²) in [6.45, 7) is 4.92. The topological polar surface area (TPSA) is 105 Å². The molecule has 0 aromatic carbocycles. The molecule has 0 radical (unpaired) electrons. The third kappa shape index (κ3) is 58.4. The second-order valence-corrected chi connectivity index (χ2v) is 25.0. The van der Waals surface area contributed by atoms with Gasteiger partial charge < -0.3 is 19.8 Å². The first kappa shape index (κ1) is 72.7. The first-order valence-corrected chi connectivity index (χ1v) is 33.8. The smallest absolute Gasteiger partial charge is 0.391 e. The molecule has 0 aliphatic rings. The van der Waals surface area contributed by atoms with Crippen molar-refractivity contribution in [1.29, 1.82) is 0 Å². The van der Waals surface area contributed by atoms with Crippen LogP contribution in [0.25, 0.3) is 0 Å². The second kappa shape index (κ2) is 56.4. The highest BCUT2D eigenvalue weighted by Crippen LogP contribution is 2.43. The van der Waals surface area contributed by atoms with E-state index in [0.29, 0.717) is 23.9 Å². The Hall–Kier alpha value is -1.28. The lowest BCUT2D eigenvalue weighted by Crippen LogP contribution is -2.46. The zero-order chi connectivity index (χ0) is 54.2. The lowest BCUT2D eigenvalue weighted by atomic mass is 10.0. The van der Waals surface area contributed by atoms with E-state index in [2.05, 4.69) is 55.6 Å². The molecule has 0 aromatic rings. The van der Waals surface area contributed by atoms with Crippen LogP contribution in [0.15, 0.2) is 36.5 Å². The van der Waals surface area contributed by atoms with Gasteiger partial charge in [0.05, 0.1) is 39.9 Å². The molecule has 438 valence electrons. The van der Waals surface area contributed by atoms with E-state index < -0.39 is 20.0 Å². The van der Waals surface area contributed by atoms with E-state index in [-0.39, 0.29) is 19.1 Å². The maximum Gasteiger partial charge on any atom is 0.472 e. The number of quaternary nitrogens is 1. The lowest BCUT2D eigenvalue weighted by molar-refractivity contribution is -0.870. The molecule has 1 amide bonds. The number of aliphatic hydroxyl groups is 1. The van der Waals surface area contributed by atoms with Gasteiger partial charge >= 0.3 is 7.82 Å². The number of unbranched alkanes of at least 4 members (excludes halogenated alkanes) is 41. The van der Waals surface area contributed by atoms with Crippen LogP contribution < -0.4 is 5.32 Å². The molecule has 0 bridgehead atoms. The van der Waals surface area contributed by atoms with Crippen molar-refractivity contribution in [3.63, 3.8) is 0 Å². The minimum atomic E-state index is -4.32. The van der Waals surface area contributed by atoms with Crippen molar-refractivity contribution in [2.75, 3.05) is 40.9 Å². The number of aliphatic hydroxyl groups excluding tert-OH is 1. The summed E-state index contributed by atoms with van der Waals surface area (Å²) in [7, 11) is 1.63. The number of rotatable bonds is 60. The summed E-state index contributed by atoms with van der Waals surface area (Å²) in [5, 5.41) is 14.1. The molecule has 9 heteroatoms. The highest BCUT2D eigenvalue weighted by atomic mass is 31.2. The van der Waals surface area contributed by atoms with Crippen molar-refractivity contribution in [2.24, 2.45) is 0 Å². The lowest BCUT2D eigenvalue weighted by Gasteiger charge is -2.26. The number of carbonyl (C=O) groups is 1. The van der Waals surface area contributed by atoms with Gasteiger partial charge in [-0.3, -0.25) is 13.8 Å². The van der Waals surface area contributed by atoms with Crippen LogP contribution in [0.2, 0.25) is 0 Å². The van der Waals surface area contributed by atoms with E-state index in [9.17, 15) is 19.4 Å². The number of hydrogen-bond acceptors (Lipinski definition) is 5. The Morgan fingerprint density at radius 2 is 0.770 bits per heavy atom. The number of nitrogens with one attached hydrogen (secondary N) is 1. The number of phosphoric ester groups is 1. The summed E-state index contributed by atoms with van der Waals surface area (Å²) in [5.74, 6) is -0.138. The van der Waals surface area contributed by atoms with Crippen LogP contribution in [-0.4, -0.2) is 73.4 Å². The van der Waals surface area contributed by atoms with Gasteiger partial charge in [0.1, 0.15) is 13.2 Å². The van der Waals surface area contributed by atoms with E-state index in [4.69, 9.17) is 9.05 Å². The number of allylic oxidation sites excluding steroid dienone is 6. The van der Waals surface area contributed by atoms with E-state index in [1.54, 1.807) is 0 Å². The third-order valence-corrected chi connectivity index (χ3v) is 15.9. The van der Waals surface area contributed by atoms with Gasteiger partial charge in [0.25, 0.3) is 0 Å². The van der Waals surface area contributed by atoms with Gasteiger partial charge in [-0.05, 0) is 51.4 Å². The number of amides is 1. The van der Waals surface area contributed by atoms with Crippen LogP contribution in [0.4, 0.5) is 0 Å². The number of phosphoric acid groups is 1. The normalized spacial score (nSPS) is 14.0. The fourth-order valence-electron chi connectivity index (χ4n) is 9.82. The first-order valence-electron chi connectivity index (χ1n) is 32.4. The average Bonchev–Trinajstić information content (AvgIpc) is 3.36. The number of likely N-dealkylation sites (N-methyl/N-ethyl adjacent to an activating group) is 1. The first-order chi connectivity index (χ1) is 36.0. The standard InChI is InChI=1S/C65H127N2O6P/c1-6-8-10-12-14-16-18-20-22-24-25-26-27-28-29-30-31-32-33-34-35-36-37-38-39-40-41-43-45-47-49-51-53-55-57-59-65(69)66-63(62-73-74(70,71)72-61-60-67(3,4)5)64(68)58-56-54-52-50-48-46-44-42-23-21-19-17-15-13-11-9-7-2/h18,20,24-25,27-28,63-64,68H,6-17,19,21-23,26,29-62H2,1-5H3,(H-,66,69,70,71)/p+1/b20-18-,25-24-,28-27-. The molecule has 0 aliphatic heterocycles. The van der Waals surface area contributed by atoms with Crippen molar-refractivity contribution in [1.82, 2.24) is 5.32 Å². The van der Waals surface area contributed by atoms with Crippen molar-refractivity contribution in [3.8, 4) is 0 Å². The molecule has 0 saturated carbocycles. The third-order valence-electron chi connectivity index (χ3n) is 14.9. The Labute approximate surface area is 461 Å². The molecule has 0 aliphatic carbocycles. The zero-order valence-electron chi connectivity index (χ0n) is 50.1. The van der Waals surface area contributed by atoms with E-state index in [1.165, 1.54) is 244 Å². The molecule has 74 heavy (non-hydrogen) atoms. The Kier molecular flexibility index (Phi) is 55.5. The predicted octanol–water partition coefficient (Wildman–Crippen LogP) is 20.1. The van der Waals surface area contributed by atoms with Gasteiger partial charge in [-0.1, -0.05) is 301 Å². The van der Waals surface area contributed by atoms with Crippen LogP contribution in [-0.2, 0) is 18.4 Å². The van der Waals surface area contributed by atoms with Crippen LogP contribution in [0.5, 0.6) is 0 Å². The highest BCUT2D eigenvalue weighted by molar-refractivity contribution is 7.47. The monoisotopic (exact) mass is 1060 g/mol. The molecule has 0 fully saturated rings. The summed E-state index contributed by atoms with van der Waals surface area (Å²) >= 11 is 0. The highest BCUT2D eigenvalue weighted by Gasteiger charge is 2.28. The number of nitrogens with zero attached hydrogens (tertiary/aromatic N) is 1. The summed E-state index contributed by atoms with van der Waals surface area (Å²) in [6.07, 6.45) is 73.7. The predicted molar refractivity (Wildman–Crippen MR) is 323 cm³/mol. The summed E-state index contributed by atoms with van der Waals surface area (Å²) in [4.78, 5) is 23.4. The van der Waals surface area contributed by atoms with Crippen molar-refractivity contribution in [3.05, 3.63) is 36.5 Å². The molecule has 3 atom stereocenters. The Balaban J connectivity index is 3.97. The summed E-state index contributed by atoms with van der Waals surface area (Å²) in [5.41, 5.74) is 0. The SMILES string of the molecule is CCCCCCC/C=C\C/C=C\C/C=C\CCCCCCCCCCCCCCCCCCCCCCC(=O)NC(COP(=O)(O)OCC[N+](C)(C)C)C(O)CCCCCCCCCCCCCCCCCCC. The molecule has 0 spiro atoms. The Morgan fingerprint density at radius 1 is 0.459 bits per heavy atom. The molecular formula is C65H128N2O6P+. The minimum Gasteiger partial charge on any atom is -0.391 e. The molecule has 8 nitrogen and oxygen atoms in total. The second-order valence-electron chi connectivity index (χ2n) is 23.5. The Morgan fingerprint density at radius 3 is 1.12 bits per heavy atom. The minimum absolute atomic E-state index is 0.0767. The molecule has 0 heterocycles. The maximum atomic E-state index is 13.0. The van der Waals surface area contributed by atoms with Crippen LogP contribution in [0.3, 0.4) is 0 Å². The molecule has 0 saturated heterocycles. The van der Waals surface area contributed by atoms with Gasteiger partial charge in [-0.2, -0.15) is 0 Å². The van der Waals surface area contributed by atoms with Crippen molar-refractivity contribution < 1.29 is 32.9 Å². The molecule has 3 N–H and O–H groups in total. The van der Waals surface area contributed by atoms with Gasteiger partial charge in [0, 0.05) is 6.42 Å². The summed E-state index contributed by atoms with van der Waals surface area (Å²) < 4.78 is 23.8. The van der Waals surface area contributed by atoms with Crippen LogP contribution >= 0.6 is 7.82 Å². The largest absolute Gasteiger partial charge is 0.472 e. The quantitative estimate of drug-likeness (QED) is 0.0243. The van der Waals surface area contributed by atoms with E-state index in [1.807, 2.05) is 21.1 Å². The van der Waals surface area contributed by atoms with Gasteiger partial charge in [0.2, 0.25) is 5.91 Å². The van der Waals surface area contributed by atoms with E-state index >= 15 is 0 Å². The zero-order valence-corrected chi connectivity index (χ0v) is 51.0. The Bertz CT molecular complexity index is 1300. The summed E-state index contributed by atoms with van der Waals surface area (Å²) in [6, 6.07) is -0.759. The molecule has 3 unspecified atom stereocenters. The van der Waals surface area contributed by atoms with Crippen LogP contribution in [0.1, 0.15) is 322 Å². The molecule has 0 aromatic heterocycles. The van der Waals surface area contributed by atoms with Gasteiger partial charge in [-0.25, -0.2) is 4.57 Å². The molecule has 0 rings (SSSR count). The van der Waals surface area contributed by atoms with Gasteiger partial charge in [-0.15, -0.1) is 0 Å². The van der Waals surface area contributed by atoms with E-state index in [0.717, 1.165) is 51.4 Å². The molecular weight excluding hydrogens is 936 g/mol. The number of carbonyl (C=O) groups excluding carboxylic acids is 1.